The molecule has 0 aliphatic carbocycles. The molecule has 0 aliphatic heterocycles. The van der Waals surface area contributed by atoms with Gasteiger partial charge in [-0.15, -0.1) is 0 Å². The van der Waals surface area contributed by atoms with Crippen LogP contribution < -0.4 is 21.0 Å². The standard InChI is InChI=1S/C19H17N5O5/c1-22-18(25)16(24(27)28)17(21-19(22)26)23(14-6-4-3-5-7-14)20-12-13-8-10-15(29-2)11-9-13/h3-12H,1-2H3,(H,21,26)/b20-12+. The topological polar surface area (TPSA) is 123 Å². The van der Waals surface area contributed by atoms with Crippen LogP contribution in [0.1, 0.15) is 5.56 Å². The first-order chi connectivity index (χ1) is 13.9. The van der Waals surface area contributed by atoms with E-state index in [1.54, 1.807) is 61.7 Å². The van der Waals surface area contributed by atoms with Gasteiger partial charge >= 0.3 is 16.9 Å². The number of aromatic amines is 1. The molecule has 0 amide bonds. The Bertz CT molecular complexity index is 1170. The summed E-state index contributed by atoms with van der Waals surface area (Å²) in [5, 5.41) is 17.0. The van der Waals surface area contributed by atoms with Crippen LogP contribution in [-0.2, 0) is 7.05 Å². The summed E-state index contributed by atoms with van der Waals surface area (Å²) in [5.74, 6) is 0.327. The summed E-state index contributed by atoms with van der Waals surface area (Å²) in [6.07, 6.45) is 1.45. The van der Waals surface area contributed by atoms with Gasteiger partial charge in [0.2, 0.25) is 5.82 Å². The van der Waals surface area contributed by atoms with Crippen molar-refractivity contribution in [1.29, 1.82) is 0 Å². The summed E-state index contributed by atoms with van der Waals surface area (Å²) < 4.78 is 5.74. The SMILES string of the molecule is COc1ccc(/C=N/N(c2ccccc2)c2[nH]c(=O)n(C)c(=O)c2[N+](=O)[O-])cc1. The minimum Gasteiger partial charge on any atom is -0.497 e. The average molecular weight is 395 g/mol. The van der Waals surface area contributed by atoms with Gasteiger partial charge in [-0.05, 0) is 42.0 Å². The Morgan fingerprint density at radius 2 is 1.79 bits per heavy atom. The Hall–Kier alpha value is -4.21. The van der Waals surface area contributed by atoms with Crippen molar-refractivity contribution in [2.24, 2.45) is 12.1 Å². The number of aromatic nitrogens is 2. The lowest BCUT2D eigenvalue weighted by Crippen LogP contribution is -2.36. The van der Waals surface area contributed by atoms with Gasteiger partial charge in [-0.2, -0.15) is 5.10 Å². The van der Waals surface area contributed by atoms with Gasteiger partial charge < -0.3 is 4.74 Å². The van der Waals surface area contributed by atoms with Crippen LogP contribution in [0.15, 0.2) is 69.3 Å². The Morgan fingerprint density at radius 1 is 1.14 bits per heavy atom. The quantitative estimate of drug-likeness (QED) is 0.388. The third-order valence-corrected chi connectivity index (χ3v) is 4.09. The van der Waals surface area contributed by atoms with Crippen molar-refractivity contribution < 1.29 is 9.66 Å². The number of nitrogens with zero attached hydrogens (tertiary/aromatic N) is 4. The fourth-order valence-electron chi connectivity index (χ4n) is 2.55. The molecule has 1 heterocycles. The van der Waals surface area contributed by atoms with Gasteiger partial charge in [0.1, 0.15) is 5.75 Å². The maximum atomic E-state index is 12.3. The number of nitrogens with one attached hydrogen (secondary N) is 1. The molecule has 0 spiro atoms. The van der Waals surface area contributed by atoms with Crippen LogP contribution >= 0.6 is 0 Å². The molecule has 0 bridgehead atoms. The van der Waals surface area contributed by atoms with E-state index in [1.165, 1.54) is 6.21 Å². The molecule has 2 aromatic carbocycles. The molecule has 0 radical (unpaired) electrons. The number of ether oxygens (including phenoxy) is 1. The number of H-pyrrole nitrogens is 1. The molecule has 1 N–H and O–H groups in total. The number of para-hydroxylation sites is 1. The molecule has 0 unspecified atom stereocenters. The molecule has 3 aromatic rings. The van der Waals surface area contributed by atoms with Crippen LogP contribution in [0.3, 0.4) is 0 Å². The molecule has 0 saturated heterocycles. The second kappa shape index (κ2) is 8.21. The van der Waals surface area contributed by atoms with E-state index in [2.05, 4.69) is 10.1 Å². The zero-order chi connectivity index (χ0) is 21.0. The molecule has 0 fully saturated rings. The fourth-order valence-corrected chi connectivity index (χ4v) is 2.55. The Kier molecular flexibility index (Phi) is 5.54. The van der Waals surface area contributed by atoms with Gasteiger partial charge in [-0.1, -0.05) is 18.2 Å². The number of hydrogen-bond donors (Lipinski definition) is 1. The first-order valence-electron chi connectivity index (χ1n) is 8.43. The highest BCUT2D eigenvalue weighted by molar-refractivity contribution is 5.82. The van der Waals surface area contributed by atoms with E-state index in [4.69, 9.17) is 4.74 Å². The van der Waals surface area contributed by atoms with Crippen LogP contribution in [0.5, 0.6) is 5.75 Å². The third-order valence-electron chi connectivity index (χ3n) is 4.09. The summed E-state index contributed by atoms with van der Waals surface area (Å²) in [4.78, 5) is 37.6. The normalized spacial score (nSPS) is 10.8. The molecular formula is C19H17N5O5. The lowest BCUT2D eigenvalue weighted by Gasteiger charge is -2.18. The molecule has 0 saturated carbocycles. The molecule has 0 aliphatic rings. The van der Waals surface area contributed by atoms with E-state index in [1.807, 2.05) is 0 Å². The van der Waals surface area contributed by atoms with Crippen LogP contribution in [-0.4, -0.2) is 27.8 Å². The highest BCUT2D eigenvalue weighted by Crippen LogP contribution is 2.28. The molecule has 0 atom stereocenters. The maximum absolute atomic E-state index is 12.3. The summed E-state index contributed by atoms with van der Waals surface area (Å²) >= 11 is 0. The Morgan fingerprint density at radius 3 is 2.38 bits per heavy atom. The molecule has 148 valence electrons. The predicted molar refractivity (Wildman–Crippen MR) is 108 cm³/mol. The van der Waals surface area contributed by atoms with Crippen LogP contribution in [0.4, 0.5) is 17.2 Å². The van der Waals surface area contributed by atoms with E-state index in [0.29, 0.717) is 21.6 Å². The Balaban J connectivity index is 2.17. The van der Waals surface area contributed by atoms with E-state index < -0.39 is 21.9 Å². The van der Waals surface area contributed by atoms with Gasteiger partial charge in [0, 0.05) is 7.05 Å². The van der Waals surface area contributed by atoms with Gasteiger partial charge in [0.05, 0.1) is 23.9 Å². The molecular weight excluding hydrogens is 378 g/mol. The molecule has 1 aromatic heterocycles. The summed E-state index contributed by atoms with van der Waals surface area (Å²) in [5.41, 5.74) is -1.52. The summed E-state index contributed by atoms with van der Waals surface area (Å²) in [6.45, 7) is 0. The minimum absolute atomic E-state index is 0.334. The number of methoxy groups -OCH3 is 1. The van der Waals surface area contributed by atoms with Crippen molar-refractivity contribution in [2.45, 2.75) is 0 Å². The van der Waals surface area contributed by atoms with Crippen molar-refractivity contribution in [1.82, 2.24) is 9.55 Å². The average Bonchev–Trinajstić information content (AvgIpc) is 2.73. The number of rotatable bonds is 6. The first-order valence-corrected chi connectivity index (χ1v) is 8.43. The van der Waals surface area contributed by atoms with Crippen molar-refractivity contribution in [3.05, 3.63) is 91.1 Å². The zero-order valence-electron chi connectivity index (χ0n) is 15.6. The zero-order valence-corrected chi connectivity index (χ0v) is 15.6. The second-order valence-electron chi connectivity index (χ2n) is 5.91. The van der Waals surface area contributed by atoms with Crippen molar-refractivity contribution in [2.75, 3.05) is 12.1 Å². The highest BCUT2D eigenvalue weighted by Gasteiger charge is 2.28. The second-order valence-corrected chi connectivity index (χ2v) is 5.91. The number of hydrogen-bond acceptors (Lipinski definition) is 7. The summed E-state index contributed by atoms with van der Waals surface area (Å²) in [7, 11) is 2.71. The smallest absolute Gasteiger partial charge is 0.376 e. The largest absolute Gasteiger partial charge is 0.497 e. The van der Waals surface area contributed by atoms with E-state index in [-0.39, 0.29) is 5.82 Å². The van der Waals surface area contributed by atoms with Crippen molar-refractivity contribution in [3.63, 3.8) is 0 Å². The molecule has 3 rings (SSSR count). The minimum atomic E-state index is -1.03. The Labute approximate surface area is 164 Å². The number of hydrazone groups is 1. The molecule has 29 heavy (non-hydrogen) atoms. The third kappa shape index (κ3) is 4.05. The molecule has 10 nitrogen and oxygen atoms in total. The number of anilines is 2. The fraction of sp³-hybridized carbons (Fsp3) is 0.105. The highest BCUT2D eigenvalue weighted by atomic mass is 16.6. The van der Waals surface area contributed by atoms with Gasteiger partial charge in [0.15, 0.2) is 0 Å². The van der Waals surface area contributed by atoms with Crippen LogP contribution in [0.25, 0.3) is 0 Å². The summed E-state index contributed by atoms with van der Waals surface area (Å²) in [6, 6.07) is 15.4. The van der Waals surface area contributed by atoms with Gasteiger partial charge in [-0.25, -0.2) is 9.80 Å². The maximum Gasteiger partial charge on any atom is 0.376 e. The van der Waals surface area contributed by atoms with E-state index in [9.17, 15) is 19.7 Å². The predicted octanol–water partition coefficient (Wildman–Crippen LogP) is 2.16. The lowest BCUT2D eigenvalue weighted by atomic mass is 10.2. The number of nitro groups is 1. The van der Waals surface area contributed by atoms with Gasteiger partial charge in [-0.3, -0.25) is 24.5 Å². The van der Waals surface area contributed by atoms with Crippen molar-refractivity contribution >= 4 is 23.4 Å². The first kappa shape index (κ1) is 19.5. The van der Waals surface area contributed by atoms with Crippen molar-refractivity contribution in [3.8, 4) is 5.75 Å². The lowest BCUT2D eigenvalue weighted by molar-refractivity contribution is -0.386. The van der Waals surface area contributed by atoms with Crippen LogP contribution in [0, 0.1) is 10.1 Å². The van der Waals surface area contributed by atoms with E-state index in [0.717, 1.165) is 12.1 Å². The van der Waals surface area contributed by atoms with Gasteiger partial charge in [0.25, 0.3) is 0 Å². The van der Waals surface area contributed by atoms with Crippen LogP contribution in [0.2, 0.25) is 0 Å². The molecule has 10 heteroatoms. The monoisotopic (exact) mass is 395 g/mol. The van der Waals surface area contributed by atoms with E-state index >= 15 is 0 Å². The number of benzene rings is 2.